The highest BCUT2D eigenvalue weighted by atomic mass is 16.7. The summed E-state index contributed by atoms with van der Waals surface area (Å²) in [6, 6.07) is 59.2. The Labute approximate surface area is 470 Å². The second-order valence-electron chi connectivity index (χ2n) is 19.0. The number of fused-ring (bicyclic) bond motifs is 2. The quantitative estimate of drug-likeness (QED) is 0.0582. The minimum absolute atomic E-state index is 0.0116. The summed E-state index contributed by atoms with van der Waals surface area (Å²) < 4.78 is 70.2. The number of hydrogen-bond donors (Lipinski definition) is 0. The Morgan fingerprint density at radius 1 is 0.537 bits per heavy atom. The van der Waals surface area contributed by atoms with Crippen molar-refractivity contribution < 1.29 is 71.0 Å². The predicted octanol–water partition coefficient (Wildman–Crippen LogP) is 11.6. The highest BCUT2D eigenvalue weighted by Gasteiger charge is 2.54. The summed E-state index contributed by atoms with van der Waals surface area (Å²) in [6.07, 6.45) is -7.82. The zero-order valence-corrected chi connectivity index (χ0v) is 44.2. The average Bonchev–Trinajstić information content (AvgIpc) is 4.14. The van der Waals surface area contributed by atoms with Crippen LogP contribution in [-0.2, 0) is 29.5 Å². The van der Waals surface area contributed by atoms with E-state index in [1.165, 1.54) is 55.6 Å². The molecule has 1 saturated heterocycles. The number of ether oxygens (including phenoxy) is 10. The molecule has 2 aliphatic rings. The Balaban J connectivity index is 1.02. The van der Waals surface area contributed by atoms with Gasteiger partial charge in [0.05, 0.1) is 36.0 Å². The number of carbonyl (C=O) groups excluding carboxylic acids is 4. The lowest BCUT2D eigenvalue weighted by molar-refractivity contribution is -0.275. The molecule has 8 aromatic carbocycles. The van der Waals surface area contributed by atoms with E-state index in [9.17, 15) is 24.0 Å². The van der Waals surface area contributed by atoms with E-state index in [1.54, 1.807) is 103 Å². The van der Waals surface area contributed by atoms with Crippen molar-refractivity contribution >= 4 is 34.8 Å². The minimum Gasteiger partial charge on any atom is -0.496 e. The van der Waals surface area contributed by atoms with Crippen molar-refractivity contribution in [3.63, 3.8) is 0 Å². The van der Waals surface area contributed by atoms with Crippen LogP contribution in [0.2, 0.25) is 0 Å². The minimum atomic E-state index is -1.77. The fraction of sp³-hybridized carbons (Fsp3) is 0.167. The Morgan fingerprint density at radius 3 is 1.55 bits per heavy atom. The van der Waals surface area contributed by atoms with E-state index < -0.39 is 72.4 Å². The van der Waals surface area contributed by atoms with Gasteiger partial charge in [-0.05, 0) is 73.2 Å². The van der Waals surface area contributed by atoms with Crippen LogP contribution in [0, 0.1) is 0 Å². The molecule has 2 aliphatic heterocycles. The molecule has 1 fully saturated rings. The highest BCUT2D eigenvalue weighted by Crippen LogP contribution is 2.50. The van der Waals surface area contributed by atoms with E-state index >= 15 is 0 Å². The van der Waals surface area contributed by atoms with Crippen LogP contribution in [0.3, 0.4) is 0 Å². The number of methoxy groups -OCH3 is 1. The molecule has 3 heterocycles. The molecule has 0 aliphatic carbocycles. The fourth-order valence-corrected chi connectivity index (χ4v) is 9.62. The van der Waals surface area contributed by atoms with Crippen molar-refractivity contribution in [1.82, 2.24) is 0 Å². The summed E-state index contributed by atoms with van der Waals surface area (Å²) in [5.74, 6) is -4.14. The van der Waals surface area contributed by atoms with Crippen LogP contribution in [-0.4, -0.2) is 74.9 Å². The lowest BCUT2D eigenvalue weighted by Crippen LogP contribution is -2.63. The second-order valence-corrected chi connectivity index (χ2v) is 19.0. The van der Waals surface area contributed by atoms with Gasteiger partial charge in [0.15, 0.2) is 29.5 Å². The smallest absolute Gasteiger partial charge is 0.338 e. The van der Waals surface area contributed by atoms with Crippen LogP contribution in [0.4, 0.5) is 0 Å². The number of hydrogen-bond acceptors (Lipinski definition) is 16. The lowest BCUT2D eigenvalue weighted by Gasteiger charge is -2.44. The normalized spacial score (nSPS) is 17.7. The van der Waals surface area contributed by atoms with Gasteiger partial charge in [-0.3, -0.25) is 4.79 Å². The summed E-state index contributed by atoms with van der Waals surface area (Å²) in [5, 5.41) is -0.0116. The Bertz CT molecular complexity index is 3740. The lowest BCUT2D eigenvalue weighted by atomic mass is 9.97. The summed E-state index contributed by atoms with van der Waals surface area (Å²) in [5.41, 5.74) is 1.78. The maximum atomic E-state index is 14.9. The van der Waals surface area contributed by atoms with Crippen molar-refractivity contribution in [3.05, 3.63) is 256 Å². The maximum absolute atomic E-state index is 14.9. The Hall–Kier alpha value is -10.2. The van der Waals surface area contributed by atoms with Crippen LogP contribution in [0.15, 0.2) is 222 Å². The Kier molecular flexibility index (Phi) is 15.8. The molecule has 0 spiro atoms. The average molecular weight is 1100 g/mol. The van der Waals surface area contributed by atoms with Crippen LogP contribution in [0.1, 0.15) is 65.9 Å². The molecule has 9 aromatic rings. The molecule has 0 saturated carbocycles. The largest absolute Gasteiger partial charge is 0.496 e. The number of benzene rings is 8. The van der Waals surface area contributed by atoms with Crippen molar-refractivity contribution in [2.75, 3.05) is 20.3 Å². The molecule has 5 atom stereocenters. The third-order valence-corrected chi connectivity index (χ3v) is 13.6. The maximum Gasteiger partial charge on any atom is 0.338 e. The molecular weight excluding hydrogens is 1050 g/mol. The van der Waals surface area contributed by atoms with Gasteiger partial charge in [-0.25, -0.2) is 19.2 Å². The van der Waals surface area contributed by atoms with E-state index in [4.69, 9.17) is 51.8 Å². The summed E-state index contributed by atoms with van der Waals surface area (Å²) in [4.78, 5) is 71.3. The van der Waals surface area contributed by atoms with E-state index in [2.05, 4.69) is 0 Å². The molecule has 82 heavy (non-hydrogen) atoms. The van der Waals surface area contributed by atoms with Crippen molar-refractivity contribution in [1.29, 1.82) is 0 Å². The third-order valence-electron chi connectivity index (χ3n) is 13.6. The van der Waals surface area contributed by atoms with Crippen LogP contribution in [0.5, 0.6) is 28.7 Å². The first-order chi connectivity index (χ1) is 40.1. The zero-order valence-electron chi connectivity index (χ0n) is 44.2. The highest BCUT2D eigenvalue weighted by molar-refractivity contribution is 5.92. The predicted molar refractivity (Wildman–Crippen MR) is 298 cm³/mol. The summed E-state index contributed by atoms with van der Waals surface area (Å²) in [6.45, 7) is 1.45. The van der Waals surface area contributed by atoms with Gasteiger partial charge >= 0.3 is 29.7 Å². The van der Waals surface area contributed by atoms with Gasteiger partial charge in [-0.2, -0.15) is 0 Å². The van der Waals surface area contributed by atoms with Crippen molar-refractivity contribution in [3.8, 4) is 40.1 Å². The van der Waals surface area contributed by atoms with Gasteiger partial charge in [0.25, 0.3) is 0 Å². The molecule has 0 bridgehead atoms. The fourth-order valence-electron chi connectivity index (χ4n) is 9.62. The topological polar surface area (TPSA) is 191 Å². The van der Waals surface area contributed by atoms with Crippen LogP contribution >= 0.6 is 0 Å². The SMILES string of the molecule is CCCOc1c(-c2ccc3c(c2)OC(c2ccccc2)(c2ccccc2)O3)oc2cc(O[C@@H]3OC(COC(=O)c4ccccc4)[C@@H](OC(=O)c4ccccc4)C(OC(=O)c4ccccc4)[C@@H]3OC(=O)c3ccccc3)cc(OC)c2c1=O. The molecule has 0 radical (unpaired) electrons. The molecule has 1 aromatic heterocycles. The van der Waals surface area contributed by atoms with Crippen molar-refractivity contribution in [2.45, 2.75) is 49.8 Å². The monoisotopic (exact) mass is 1100 g/mol. The molecule has 0 N–H and O–H groups in total. The Morgan fingerprint density at radius 2 is 1.02 bits per heavy atom. The molecule has 2 unspecified atom stereocenters. The van der Waals surface area contributed by atoms with Gasteiger partial charge in [0.1, 0.15) is 35.2 Å². The van der Waals surface area contributed by atoms with E-state index in [0.29, 0.717) is 23.5 Å². The summed E-state index contributed by atoms with van der Waals surface area (Å²) in [7, 11) is 1.35. The van der Waals surface area contributed by atoms with E-state index in [0.717, 1.165) is 11.1 Å². The number of carbonyl (C=O) groups is 4. The van der Waals surface area contributed by atoms with Gasteiger partial charge in [-0.1, -0.05) is 140 Å². The first kappa shape index (κ1) is 53.8. The van der Waals surface area contributed by atoms with Crippen molar-refractivity contribution in [2.24, 2.45) is 0 Å². The van der Waals surface area contributed by atoms with Crippen LogP contribution in [0.25, 0.3) is 22.3 Å². The molecule has 0 amide bonds. The van der Waals surface area contributed by atoms with Gasteiger partial charge in [0.2, 0.25) is 23.6 Å². The van der Waals surface area contributed by atoms with E-state index in [-0.39, 0.29) is 62.8 Å². The number of esters is 4. The third kappa shape index (κ3) is 11.2. The first-order valence-electron chi connectivity index (χ1n) is 26.4. The standard InChI is InChI=1S/C66H52O16/c1-3-36-73-58-55(67)54-51(72-2)38-48(39-52(54)76-56(58)45-34-35-49-50(37-45)82-66(81-49,46-30-18-8-19-31-46)47-32-20-9-21-33-47)75-65-60(80-64(71)44-28-16-7-17-29-44)59(79-63(70)43-26-14-6-15-27-43)57(78-62(69)42-24-12-5-13-25-42)53(77-65)40-74-61(68)41-22-10-4-11-23-41/h4-35,37-39,53,57,59-60,65H,3,36,40H2,1-2H3/t53?,57-,59?,60+,65-/m1/s1. The molecular formula is C66H52O16. The molecule has 16 heteroatoms. The van der Waals surface area contributed by atoms with Crippen LogP contribution < -0.4 is 29.1 Å². The zero-order chi connectivity index (χ0) is 56.6. The summed E-state index contributed by atoms with van der Waals surface area (Å²) >= 11 is 0. The second kappa shape index (κ2) is 24.0. The first-order valence-corrected chi connectivity index (χ1v) is 26.4. The molecule has 412 valence electrons. The number of rotatable bonds is 18. The van der Waals surface area contributed by atoms with Gasteiger partial charge < -0.3 is 51.8 Å². The molecule has 11 rings (SSSR count). The molecule has 16 nitrogen and oxygen atoms in total. The van der Waals surface area contributed by atoms with E-state index in [1.807, 2.05) is 67.6 Å². The van der Waals surface area contributed by atoms with Gasteiger partial charge in [0, 0.05) is 28.8 Å². The van der Waals surface area contributed by atoms with Gasteiger partial charge in [-0.15, -0.1) is 0 Å².